The molecule has 7 nitrogen and oxygen atoms in total. The highest BCUT2D eigenvalue weighted by molar-refractivity contribution is 6.21. The molecular formula is C26H31N3O4. The van der Waals surface area contributed by atoms with Crippen LogP contribution in [-0.4, -0.2) is 52.6 Å². The molecule has 7 heteroatoms. The van der Waals surface area contributed by atoms with Crippen LogP contribution in [0.1, 0.15) is 59.9 Å². The van der Waals surface area contributed by atoms with Gasteiger partial charge in [-0.3, -0.25) is 24.1 Å². The lowest BCUT2D eigenvalue weighted by molar-refractivity contribution is -0.140. The van der Waals surface area contributed by atoms with Crippen molar-refractivity contribution in [1.82, 2.24) is 15.1 Å². The van der Waals surface area contributed by atoms with Crippen LogP contribution in [0.4, 0.5) is 0 Å². The Morgan fingerprint density at radius 1 is 0.909 bits per heavy atom. The second-order valence-electron chi connectivity index (χ2n) is 8.73. The van der Waals surface area contributed by atoms with E-state index in [0.29, 0.717) is 36.6 Å². The Hall–Kier alpha value is -3.48. The maximum atomic E-state index is 13.1. The summed E-state index contributed by atoms with van der Waals surface area (Å²) in [6, 6.07) is 15.6. The summed E-state index contributed by atoms with van der Waals surface area (Å²) in [5, 5.41) is 2.90. The summed E-state index contributed by atoms with van der Waals surface area (Å²) in [5.74, 6) is -0.744. The first kappa shape index (κ1) is 24.2. The maximum Gasteiger partial charge on any atom is 0.261 e. The SMILES string of the molecule is CC(C)CNC(=O)[C@@H](C)N(Cc1ccccc1)C(=O)CCCN1C(=O)c2ccccc2C1=O. The second kappa shape index (κ2) is 10.9. The third-order valence-electron chi connectivity index (χ3n) is 5.70. The van der Waals surface area contributed by atoms with Crippen LogP contribution in [0.3, 0.4) is 0 Å². The molecule has 0 saturated heterocycles. The Morgan fingerprint density at radius 3 is 2.06 bits per heavy atom. The van der Waals surface area contributed by atoms with Crippen molar-refractivity contribution in [2.75, 3.05) is 13.1 Å². The zero-order chi connectivity index (χ0) is 24.0. The van der Waals surface area contributed by atoms with Gasteiger partial charge in [0.1, 0.15) is 6.04 Å². The van der Waals surface area contributed by atoms with Crippen molar-refractivity contribution in [3.63, 3.8) is 0 Å². The highest BCUT2D eigenvalue weighted by atomic mass is 16.2. The highest BCUT2D eigenvalue weighted by Gasteiger charge is 2.35. The van der Waals surface area contributed by atoms with Gasteiger partial charge in [-0.1, -0.05) is 56.3 Å². The largest absolute Gasteiger partial charge is 0.354 e. The van der Waals surface area contributed by atoms with Gasteiger partial charge >= 0.3 is 0 Å². The summed E-state index contributed by atoms with van der Waals surface area (Å²) in [4.78, 5) is 53.7. The number of rotatable bonds is 10. The molecule has 0 saturated carbocycles. The molecule has 0 spiro atoms. The highest BCUT2D eigenvalue weighted by Crippen LogP contribution is 2.23. The van der Waals surface area contributed by atoms with Crippen molar-refractivity contribution >= 4 is 23.6 Å². The zero-order valence-corrected chi connectivity index (χ0v) is 19.4. The predicted molar refractivity (Wildman–Crippen MR) is 125 cm³/mol. The van der Waals surface area contributed by atoms with Crippen LogP contribution < -0.4 is 5.32 Å². The molecule has 1 aliphatic rings. The average Bonchev–Trinajstić information content (AvgIpc) is 3.06. The van der Waals surface area contributed by atoms with E-state index in [1.54, 1.807) is 36.1 Å². The number of carbonyl (C=O) groups is 4. The molecule has 0 aromatic heterocycles. The van der Waals surface area contributed by atoms with E-state index >= 15 is 0 Å². The summed E-state index contributed by atoms with van der Waals surface area (Å²) < 4.78 is 0. The van der Waals surface area contributed by atoms with Gasteiger partial charge in [-0.2, -0.15) is 0 Å². The third kappa shape index (κ3) is 5.86. The molecule has 174 valence electrons. The van der Waals surface area contributed by atoms with Crippen LogP contribution in [0.5, 0.6) is 0 Å². The number of hydrogen-bond donors (Lipinski definition) is 1. The van der Waals surface area contributed by atoms with E-state index in [4.69, 9.17) is 0 Å². The van der Waals surface area contributed by atoms with Crippen LogP contribution in [-0.2, 0) is 16.1 Å². The summed E-state index contributed by atoms with van der Waals surface area (Å²) in [7, 11) is 0. The molecule has 0 bridgehead atoms. The molecule has 2 aromatic carbocycles. The first-order chi connectivity index (χ1) is 15.8. The van der Waals surface area contributed by atoms with Crippen molar-refractivity contribution in [3.8, 4) is 0 Å². The van der Waals surface area contributed by atoms with Gasteiger partial charge in [0.2, 0.25) is 11.8 Å². The second-order valence-corrected chi connectivity index (χ2v) is 8.73. The van der Waals surface area contributed by atoms with Gasteiger partial charge in [-0.25, -0.2) is 0 Å². The van der Waals surface area contributed by atoms with Crippen LogP contribution >= 0.6 is 0 Å². The van der Waals surface area contributed by atoms with Crippen LogP contribution in [0.2, 0.25) is 0 Å². The normalized spacial score (nSPS) is 13.8. The lowest BCUT2D eigenvalue weighted by Crippen LogP contribution is -2.48. The van der Waals surface area contributed by atoms with Gasteiger partial charge in [0.25, 0.3) is 11.8 Å². The summed E-state index contributed by atoms with van der Waals surface area (Å²) >= 11 is 0. The first-order valence-electron chi connectivity index (χ1n) is 11.4. The van der Waals surface area contributed by atoms with E-state index in [-0.39, 0.29) is 36.6 Å². The minimum atomic E-state index is -0.643. The van der Waals surface area contributed by atoms with Crippen LogP contribution in [0.15, 0.2) is 54.6 Å². The minimum Gasteiger partial charge on any atom is -0.354 e. The number of fused-ring (bicyclic) bond motifs is 1. The molecule has 2 aromatic rings. The number of benzene rings is 2. The van der Waals surface area contributed by atoms with Crippen molar-refractivity contribution in [3.05, 3.63) is 71.3 Å². The van der Waals surface area contributed by atoms with Gasteiger partial charge in [-0.05, 0) is 37.0 Å². The Labute approximate surface area is 194 Å². The van der Waals surface area contributed by atoms with Gasteiger partial charge in [0.15, 0.2) is 0 Å². The molecule has 1 N–H and O–H groups in total. The topological polar surface area (TPSA) is 86.8 Å². The summed E-state index contributed by atoms with van der Waals surface area (Å²) in [5.41, 5.74) is 1.72. The first-order valence-corrected chi connectivity index (χ1v) is 11.4. The molecule has 1 aliphatic heterocycles. The van der Waals surface area contributed by atoms with Crippen molar-refractivity contribution in [1.29, 1.82) is 0 Å². The van der Waals surface area contributed by atoms with E-state index in [9.17, 15) is 19.2 Å². The van der Waals surface area contributed by atoms with Gasteiger partial charge in [-0.15, -0.1) is 0 Å². The number of hydrogen-bond acceptors (Lipinski definition) is 4. The number of nitrogens with zero attached hydrogens (tertiary/aromatic N) is 2. The molecular weight excluding hydrogens is 418 g/mol. The van der Waals surface area contributed by atoms with Crippen molar-refractivity contribution < 1.29 is 19.2 Å². The molecule has 33 heavy (non-hydrogen) atoms. The van der Waals surface area contributed by atoms with Gasteiger partial charge in [0, 0.05) is 26.1 Å². The monoisotopic (exact) mass is 449 g/mol. The molecule has 0 radical (unpaired) electrons. The lowest BCUT2D eigenvalue weighted by atomic mass is 10.1. The Balaban J connectivity index is 1.64. The number of carbonyl (C=O) groups excluding carboxylic acids is 4. The fraction of sp³-hybridized carbons (Fsp3) is 0.385. The summed E-state index contributed by atoms with van der Waals surface area (Å²) in [6.07, 6.45) is 0.456. The predicted octanol–water partition coefficient (Wildman–Crippen LogP) is 3.25. The van der Waals surface area contributed by atoms with Crippen molar-refractivity contribution in [2.24, 2.45) is 5.92 Å². The van der Waals surface area contributed by atoms with E-state index in [1.807, 2.05) is 44.2 Å². The fourth-order valence-electron chi connectivity index (χ4n) is 3.79. The Bertz CT molecular complexity index is 984. The molecule has 1 atom stereocenters. The zero-order valence-electron chi connectivity index (χ0n) is 19.4. The average molecular weight is 450 g/mol. The summed E-state index contributed by atoms with van der Waals surface area (Å²) in [6.45, 7) is 6.75. The lowest BCUT2D eigenvalue weighted by Gasteiger charge is -2.29. The minimum absolute atomic E-state index is 0.127. The number of amides is 4. The van der Waals surface area contributed by atoms with Crippen LogP contribution in [0.25, 0.3) is 0 Å². The van der Waals surface area contributed by atoms with Crippen molar-refractivity contribution in [2.45, 2.75) is 46.2 Å². The molecule has 0 aliphatic carbocycles. The van der Waals surface area contributed by atoms with Crippen LogP contribution in [0, 0.1) is 5.92 Å². The van der Waals surface area contributed by atoms with E-state index in [1.165, 1.54) is 4.90 Å². The quantitative estimate of drug-likeness (QED) is 0.564. The molecule has 3 rings (SSSR count). The van der Waals surface area contributed by atoms with E-state index < -0.39 is 6.04 Å². The Kier molecular flexibility index (Phi) is 7.98. The number of nitrogens with one attached hydrogen (secondary N) is 1. The van der Waals surface area contributed by atoms with Gasteiger partial charge < -0.3 is 10.2 Å². The molecule has 0 fully saturated rings. The smallest absolute Gasteiger partial charge is 0.261 e. The Morgan fingerprint density at radius 2 is 1.48 bits per heavy atom. The van der Waals surface area contributed by atoms with E-state index in [0.717, 1.165) is 5.56 Å². The fourth-order valence-corrected chi connectivity index (χ4v) is 3.79. The molecule has 4 amide bonds. The molecule has 0 unspecified atom stereocenters. The maximum absolute atomic E-state index is 13.1. The van der Waals surface area contributed by atoms with Gasteiger partial charge in [0.05, 0.1) is 11.1 Å². The third-order valence-corrected chi connectivity index (χ3v) is 5.70. The standard InChI is InChI=1S/C26H31N3O4/c1-18(2)16-27-24(31)19(3)29(17-20-10-5-4-6-11-20)23(30)14-9-15-28-25(32)21-12-7-8-13-22(21)26(28)33/h4-8,10-13,18-19H,9,14-17H2,1-3H3,(H,27,31)/t19-/m1/s1. The van der Waals surface area contributed by atoms with E-state index in [2.05, 4.69) is 5.32 Å². The number of imide groups is 1. The molecule has 1 heterocycles.